The molecule has 7 heteroatoms. The van der Waals surface area contributed by atoms with Gasteiger partial charge in [-0.25, -0.2) is 0 Å². The molecule has 1 aromatic carbocycles. The Kier molecular flexibility index (Phi) is 4.72. The van der Waals surface area contributed by atoms with E-state index < -0.39 is 0 Å². The van der Waals surface area contributed by atoms with Crippen LogP contribution in [0.3, 0.4) is 0 Å². The van der Waals surface area contributed by atoms with E-state index in [0.717, 1.165) is 53.1 Å². The van der Waals surface area contributed by atoms with Crippen molar-refractivity contribution in [3.63, 3.8) is 0 Å². The topological polar surface area (TPSA) is 63.6 Å². The Bertz CT molecular complexity index is 1160. The molecule has 2 aromatic heterocycles. The first-order valence-corrected chi connectivity index (χ1v) is 11.3. The largest absolute Gasteiger partial charge is 0.480 e. The number of methoxy groups -OCH3 is 1. The third-order valence-electron chi connectivity index (χ3n) is 6.97. The van der Waals surface area contributed by atoms with Crippen molar-refractivity contribution in [2.45, 2.75) is 38.0 Å². The van der Waals surface area contributed by atoms with Crippen molar-refractivity contribution in [3.05, 3.63) is 48.2 Å². The molecule has 0 amide bonds. The van der Waals surface area contributed by atoms with Gasteiger partial charge in [0.25, 0.3) is 0 Å². The van der Waals surface area contributed by atoms with Crippen molar-refractivity contribution in [3.8, 4) is 34.0 Å². The standard InChI is InChI=1S/C25H27N5O2/c1-29(19-4-5-19)20-9-10-30(14-20)23-8-7-22-21-6-3-16(11-18(21)15-32-25(22)27-23)17-12-24(31-2)28-26-13-17/h3,6-8,11-13,19-20H,4-5,9-10,14-15H2,1-2H3. The lowest BCUT2D eigenvalue weighted by atomic mass is 9.95. The molecule has 1 atom stereocenters. The average Bonchev–Trinajstić information content (AvgIpc) is 3.58. The average molecular weight is 430 g/mol. The molecule has 6 rings (SSSR count). The van der Waals surface area contributed by atoms with E-state index in [9.17, 15) is 0 Å². The first-order chi connectivity index (χ1) is 15.7. The molecule has 3 aliphatic rings. The van der Waals surface area contributed by atoms with Gasteiger partial charge in [0.2, 0.25) is 11.8 Å². The molecule has 0 N–H and O–H groups in total. The minimum Gasteiger partial charge on any atom is -0.480 e. The summed E-state index contributed by atoms with van der Waals surface area (Å²) in [5.41, 5.74) is 5.41. The molecule has 3 aromatic rings. The third kappa shape index (κ3) is 3.46. The van der Waals surface area contributed by atoms with E-state index >= 15 is 0 Å². The molecule has 2 fully saturated rings. The number of ether oxygens (including phenoxy) is 2. The number of fused-ring (bicyclic) bond motifs is 3. The van der Waals surface area contributed by atoms with Crippen LogP contribution in [0.25, 0.3) is 22.3 Å². The third-order valence-corrected chi connectivity index (χ3v) is 6.97. The molecule has 0 bridgehead atoms. The van der Waals surface area contributed by atoms with Crippen molar-refractivity contribution in [2.75, 3.05) is 32.1 Å². The first kappa shape index (κ1) is 19.5. The van der Waals surface area contributed by atoms with Gasteiger partial charge < -0.3 is 14.4 Å². The van der Waals surface area contributed by atoms with E-state index in [4.69, 9.17) is 14.5 Å². The van der Waals surface area contributed by atoms with Crippen LogP contribution < -0.4 is 14.4 Å². The van der Waals surface area contributed by atoms with E-state index in [2.05, 4.69) is 57.4 Å². The van der Waals surface area contributed by atoms with Crippen LogP contribution in [0, 0.1) is 0 Å². The van der Waals surface area contributed by atoms with Crippen LogP contribution in [0.15, 0.2) is 42.6 Å². The lowest BCUT2D eigenvalue weighted by Gasteiger charge is -2.26. The number of aromatic nitrogens is 3. The molecule has 164 valence electrons. The maximum Gasteiger partial charge on any atom is 0.233 e. The van der Waals surface area contributed by atoms with Crippen molar-refractivity contribution in [1.82, 2.24) is 20.1 Å². The summed E-state index contributed by atoms with van der Waals surface area (Å²) in [4.78, 5) is 9.87. The van der Waals surface area contributed by atoms with Gasteiger partial charge in [-0.2, -0.15) is 10.1 Å². The lowest BCUT2D eigenvalue weighted by molar-refractivity contribution is 0.248. The van der Waals surface area contributed by atoms with Crippen LogP contribution in [0.1, 0.15) is 24.8 Å². The molecular formula is C25H27N5O2. The quantitative estimate of drug-likeness (QED) is 0.612. The fourth-order valence-corrected chi connectivity index (χ4v) is 4.89. The Balaban J connectivity index is 1.25. The summed E-state index contributed by atoms with van der Waals surface area (Å²) in [6.07, 6.45) is 5.65. The second kappa shape index (κ2) is 7.74. The zero-order chi connectivity index (χ0) is 21.7. The van der Waals surface area contributed by atoms with Crippen molar-refractivity contribution < 1.29 is 9.47 Å². The Morgan fingerprint density at radius 3 is 2.75 bits per heavy atom. The lowest BCUT2D eigenvalue weighted by Crippen LogP contribution is -2.36. The molecular weight excluding hydrogens is 402 g/mol. The molecule has 7 nitrogen and oxygen atoms in total. The molecule has 1 saturated heterocycles. The van der Waals surface area contributed by atoms with Crippen LogP contribution in [0.5, 0.6) is 11.8 Å². The zero-order valence-electron chi connectivity index (χ0n) is 18.5. The van der Waals surface area contributed by atoms with Crippen molar-refractivity contribution in [2.24, 2.45) is 0 Å². The van der Waals surface area contributed by atoms with Crippen LogP contribution in [0.2, 0.25) is 0 Å². The minimum atomic E-state index is 0.506. The number of likely N-dealkylation sites (N-methyl/N-ethyl adjacent to an activating group) is 1. The number of rotatable bonds is 5. The van der Waals surface area contributed by atoms with Gasteiger partial charge in [0, 0.05) is 42.4 Å². The summed E-state index contributed by atoms with van der Waals surface area (Å²) in [6.45, 7) is 2.61. The normalized spacial score (nSPS) is 19.5. The maximum absolute atomic E-state index is 6.11. The van der Waals surface area contributed by atoms with Gasteiger partial charge in [-0.1, -0.05) is 12.1 Å². The summed E-state index contributed by atoms with van der Waals surface area (Å²) in [6, 6.07) is 14.0. The molecule has 0 spiro atoms. The van der Waals surface area contributed by atoms with Gasteiger partial charge in [-0.05, 0) is 61.2 Å². The van der Waals surface area contributed by atoms with Crippen molar-refractivity contribution in [1.29, 1.82) is 0 Å². The SMILES string of the molecule is COc1cc(-c2ccc3c(c2)COc2nc(N4CCC(N(C)C5CC5)C4)ccc2-3)cnn1. The minimum absolute atomic E-state index is 0.506. The summed E-state index contributed by atoms with van der Waals surface area (Å²) in [5, 5.41) is 7.99. The highest BCUT2D eigenvalue weighted by atomic mass is 16.5. The fraction of sp³-hybridized carbons (Fsp3) is 0.400. The van der Waals surface area contributed by atoms with Crippen LogP contribution in [0.4, 0.5) is 5.82 Å². The highest BCUT2D eigenvalue weighted by molar-refractivity contribution is 5.78. The van der Waals surface area contributed by atoms with Gasteiger partial charge in [0.05, 0.1) is 13.3 Å². The van der Waals surface area contributed by atoms with Gasteiger partial charge in [-0.15, -0.1) is 5.10 Å². The first-order valence-electron chi connectivity index (χ1n) is 11.3. The van der Waals surface area contributed by atoms with Gasteiger partial charge in [-0.3, -0.25) is 4.90 Å². The summed E-state index contributed by atoms with van der Waals surface area (Å²) >= 11 is 0. The summed E-state index contributed by atoms with van der Waals surface area (Å²) in [5.74, 6) is 2.26. The number of hydrogen-bond acceptors (Lipinski definition) is 7. The number of pyridine rings is 1. The van der Waals surface area contributed by atoms with E-state index in [1.165, 1.54) is 24.8 Å². The monoisotopic (exact) mass is 429 g/mol. The predicted molar refractivity (Wildman–Crippen MR) is 123 cm³/mol. The van der Waals surface area contributed by atoms with Crippen LogP contribution in [-0.2, 0) is 6.61 Å². The number of hydrogen-bond donors (Lipinski definition) is 0. The number of anilines is 1. The second-order valence-corrected chi connectivity index (χ2v) is 8.95. The fourth-order valence-electron chi connectivity index (χ4n) is 4.89. The molecule has 32 heavy (non-hydrogen) atoms. The molecule has 2 aliphatic heterocycles. The highest BCUT2D eigenvalue weighted by Crippen LogP contribution is 2.40. The summed E-state index contributed by atoms with van der Waals surface area (Å²) in [7, 11) is 3.87. The second-order valence-electron chi connectivity index (χ2n) is 8.95. The van der Waals surface area contributed by atoms with E-state index in [1.54, 1.807) is 13.3 Å². The Labute approximate surface area is 188 Å². The smallest absolute Gasteiger partial charge is 0.233 e. The maximum atomic E-state index is 6.11. The van der Waals surface area contributed by atoms with Gasteiger partial charge in [0.15, 0.2) is 0 Å². The molecule has 1 saturated carbocycles. The van der Waals surface area contributed by atoms with E-state index in [-0.39, 0.29) is 0 Å². The van der Waals surface area contributed by atoms with Crippen LogP contribution >= 0.6 is 0 Å². The van der Waals surface area contributed by atoms with Gasteiger partial charge in [0.1, 0.15) is 12.4 Å². The molecule has 1 unspecified atom stereocenters. The van der Waals surface area contributed by atoms with E-state index in [0.29, 0.717) is 18.5 Å². The Morgan fingerprint density at radius 2 is 1.91 bits per heavy atom. The predicted octanol–water partition coefficient (Wildman–Crippen LogP) is 3.78. The Morgan fingerprint density at radius 1 is 1.03 bits per heavy atom. The molecule has 1 aliphatic carbocycles. The molecule has 4 heterocycles. The number of nitrogens with zero attached hydrogens (tertiary/aromatic N) is 5. The van der Waals surface area contributed by atoms with Crippen LogP contribution in [-0.4, -0.2) is 59.4 Å². The van der Waals surface area contributed by atoms with Crippen molar-refractivity contribution >= 4 is 5.82 Å². The Hall–Kier alpha value is -3.19. The zero-order valence-corrected chi connectivity index (χ0v) is 18.5. The summed E-state index contributed by atoms with van der Waals surface area (Å²) < 4.78 is 11.3. The van der Waals surface area contributed by atoms with E-state index in [1.807, 2.05) is 6.07 Å². The highest BCUT2D eigenvalue weighted by Gasteiger charge is 2.35. The molecule has 0 radical (unpaired) electrons. The number of benzene rings is 1. The van der Waals surface area contributed by atoms with Gasteiger partial charge >= 0.3 is 0 Å².